The normalized spacial score (nSPS) is 10.8. The molecule has 7 heteroatoms. The number of halogens is 2. The van der Waals surface area contributed by atoms with Gasteiger partial charge in [0, 0.05) is 11.9 Å². The third-order valence-corrected chi connectivity index (χ3v) is 4.82. The lowest BCUT2D eigenvalue weighted by atomic mass is 10.2. The summed E-state index contributed by atoms with van der Waals surface area (Å²) >= 11 is 7.98. The Morgan fingerprint density at radius 1 is 1.33 bits per heavy atom. The molecule has 0 saturated carbocycles. The average Bonchev–Trinajstić information content (AvgIpc) is 3.16. The molecule has 0 atom stereocenters. The SMILES string of the molecule is Cc1nn(-c2ccc(F)cc2)c(Cl)c1C(=O)N(C)Cc1cccs1. The predicted molar refractivity (Wildman–Crippen MR) is 93.4 cm³/mol. The van der Waals surface area contributed by atoms with Crippen LogP contribution in [0.25, 0.3) is 5.69 Å². The van der Waals surface area contributed by atoms with Crippen LogP contribution in [0.15, 0.2) is 41.8 Å². The zero-order chi connectivity index (χ0) is 17.3. The Morgan fingerprint density at radius 3 is 2.67 bits per heavy atom. The van der Waals surface area contributed by atoms with Gasteiger partial charge in [0.2, 0.25) is 0 Å². The van der Waals surface area contributed by atoms with Crippen LogP contribution >= 0.6 is 22.9 Å². The van der Waals surface area contributed by atoms with Crippen LogP contribution in [-0.4, -0.2) is 27.6 Å². The molecule has 0 aliphatic carbocycles. The summed E-state index contributed by atoms with van der Waals surface area (Å²) in [6, 6.07) is 9.71. The van der Waals surface area contributed by atoms with Gasteiger partial charge in [0.05, 0.1) is 23.5 Å². The second-order valence-electron chi connectivity index (χ2n) is 5.38. The highest BCUT2D eigenvalue weighted by molar-refractivity contribution is 7.09. The van der Waals surface area contributed by atoms with Gasteiger partial charge in [0.25, 0.3) is 5.91 Å². The maximum absolute atomic E-state index is 13.1. The van der Waals surface area contributed by atoms with Gasteiger partial charge in [-0.2, -0.15) is 5.10 Å². The number of nitrogens with zero attached hydrogens (tertiary/aromatic N) is 3. The minimum Gasteiger partial charge on any atom is -0.336 e. The van der Waals surface area contributed by atoms with Crippen molar-refractivity contribution >= 4 is 28.8 Å². The van der Waals surface area contributed by atoms with E-state index in [2.05, 4.69) is 5.10 Å². The van der Waals surface area contributed by atoms with Crippen LogP contribution in [0.1, 0.15) is 20.9 Å². The first-order valence-electron chi connectivity index (χ1n) is 7.26. The number of aromatic nitrogens is 2. The van der Waals surface area contributed by atoms with Crippen LogP contribution in [0.4, 0.5) is 4.39 Å². The van der Waals surface area contributed by atoms with Crippen molar-refractivity contribution in [3.05, 3.63) is 68.9 Å². The van der Waals surface area contributed by atoms with Gasteiger partial charge in [-0.15, -0.1) is 11.3 Å². The molecular formula is C17H15ClFN3OS. The number of thiophene rings is 1. The van der Waals surface area contributed by atoms with E-state index < -0.39 is 0 Å². The summed E-state index contributed by atoms with van der Waals surface area (Å²) in [6.07, 6.45) is 0. The lowest BCUT2D eigenvalue weighted by molar-refractivity contribution is 0.0786. The van der Waals surface area contributed by atoms with Crippen LogP contribution in [0.2, 0.25) is 5.15 Å². The van der Waals surface area contributed by atoms with Crippen molar-refractivity contribution in [3.63, 3.8) is 0 Å². The molecule has 3 rings (SSSR count). The van der Waals surface area contributed by atoms with E-state index >= 15 is 0 Å². The van der Waals surface area contributed by atoms with Crippen LogP contribution < -0.4 is 0 Å². The standard InChI is InChI=1S/C17H15ClFN3OS/c1-11-15(17(23)21(2)10-14-4-3-9-24-14)16(18)22(20-11)13-7-5-12(19)6-8-13/h3-9H,10H2,1-2H3. The van der Waals surface area contributed by atoms with E-state index in [9.17, 15) is 9.18 Å². The first-order valence-corrected chi connectivity index (χ1v) is 8.52. The van der Waals surface area contributed by atoms with E-state index in [0.717, 1.165) is 4.88 Å². The van der Waals surface area contributed by atoms with Crippen molar-refractivity contribution in [2.45, 2.75) is 13.5 Å². The fourth-order valence-electron chi connectivity index (χ4n) is 2.39. The summed E-state index contributed by atoms with van der Waals surface area (Å²) in [5, 5.41) is 6.52. The zero-order valence-corrected chi connectivity index (χ0v) is 14.7. The van der Waals surface area contributed by atoms with Crippen molar-refractivity contribution < 1.29 is 9.18 Å². The molecule has 0 fully saturated rings. The van der Waals surface area contributed by atoms with Crippen LogP contribution in [0.5, 0.6) is 0 Å². The van der Waals surface area contributed by atoms with Crippen molar-refractivity contribution in [2.75, 3.05) is 7.05 Å². The number of hydrogen-bond donors (Lipinski definition) is 0. The molecule has 1 aromatic carbocycles. The summed E-state index contributed by atoms with van der Waals surface area (Å²) in [5.74, 6) is -0.537. The van der Waals surface area contributed by atoms with E-state index in [1.807, 2.05) is 17.5 Å². The fourth-order valence-corrected chi connectivity index (χ4v) is 3.50. The van der Waals surface area contributed by atoms with E-state index in [1.165, 1.54) is 16.8 Å². The van der Waals surface area contributed by atoms with Gasteiger partial charge in [0.1, 0.15) is 11.0 Å². The first kappa shape index (κ1) is 16.7. The maximum atomic E-state index is 13.1. The number of carbonyl (C=O) groups excluding carboxylic acids is 1. The molecule has 0 aliphatic heterocycles. The second kappa shape index (κ2) is 6.75. The number of carbonyl (C=O) groups is 1. The highest BCUT2D eigenvalue weighted by Gasteiger charge is 2.24. The van der Waals surface area contributed by atoms with Gasteiger partial charge in [-0.3, -0.25) is 4.79 Å². The summed E-state index contributed by atoms with van der Waals surface area (Å²) in [6.45, 7) is 2.24. The summed E-state index contributed by atoms with van der Waals surface area (Å²) in [4.78, 5) is 15.4. The quantitative estimate of drug-likeness (QED) is 0.692. The smallest absolute Gasteiger partial charge is 0.258 e. The molecule has 0 spiro atoms. The van der Waals surface area contributed by atoms with E-state index in [4.69, 9.17) is 11.6 Å². The summed E-state index contributed by atoms with van der Waals surface area (Å²) in [5.41, 5.74) is 1.50. The Hall–Kier alpha value is -2.18. The molecular weight excluding hydrogens is 349 g/mol. The Bertz CT molecular complexity index is 859. The maximum Gasteiger partial charge on any atom is 0.258 e. The molecule has 0 N–H and O–H groups in total. The monoisotopic (exact) mass is 363 g/mol. The lowest BCUT2D eigenvalue weighted by Crippen LogP contribution is -2.26. The highest BCUT2D eigenvalue weighted by atomic mass is 35.5. The number of benzene rings is 1. The molecule has 0 bridgehead atoms. The highest BCUT2D eigenvalue weighted by Crippen LogP contribution is 2.25. The molecule has 124 valence electrons. The third-order valence-electron chi connectivity index (χ3n) is 3.61. The molecule has 2 heterocycles. The molecule has 1 amide bonds. The van der Waals surface area contributed by atoms with Gasteiger partial charge in [-0.05, 0) is 42.6 Å². The van der Waals surface area contributed by atoms with Gasteiger partial charge < -0.3 is 4.90 Å². The first-order chi connectivity index (χ1) is 11.5. The van der Waals surface area contributed by atoms with Gasteiger partial charge in [0.15, 0.2) is 0 Å². The van der Waals surface area contributed by atoms with E-state index in [1.54, 1.807) is 42.3 Å². The van der Waals surface area contributed by atoms with Gasteiger partial charge in [-0.25, -0.2) is 9.07 Å². The minimum absolute atomic E-state index is 0.195. The molecule has 3 aromatic rings. The number of aryl methyl sites for hydroxylation is 1. The van der Waals surface area contributed by atoms with Crippen molar-refractivity contribution in [1.29, 1.82) is 0 Å². The molecule has 0 aliphatic rings. The summed E-state index contributed by atoms with van der Waals surface area (Å²) in [7, 11) is 1.73. The van der Waals surface area contributed by atoms with Crippen molar-refractivity contribution in [2.24, 2.45) is 0 Å². The van der Waals surface area contributed by atoms with Crippen LogP contribution in [0.3, 0.4) is 0 Å². The van der Waals surface area contributed by atoms with Gasteiger partial charge in [-0.1, -0.05) is 17.7 Å². The minimum atomic E-state index is -0.342. The molecule has 4 nitrogen and oxygen atoms in total. The molecule has 24 heavy (non-hydrogen) atoms. The van der Waals surface area contributed by atoms with Crippen molar-refractivity contribution in [1.82, 2.24) is 14.7 Å². The molecule has 0 unspecified atom stereocenters. The number of amides is 1. The predicted octanol–water partition coefficient (Wildman–Crippen LogP) is 4.31. The topological polar surface area (TPSA) is 38.1 Å². The van der Waals surface area contributed by atoms with E-state index in [-0.39, 0.29) is 16.9 Å². The fraction of sp³-hybridized carbons (Fsp3) is 0.176. The zero-order valence-electron chi connectivity index (χ0n) is 13.2. The Labute approximate surface area is 148 Å². The van der Waals surface area contributed by atoms with E-state index in [0.29, 0.717) is 23.5 Å². The second-order valence-corrected chi connectivity index (χ2v) is 6.77. The van der Waals surface area contributed by atoms with Crippen molar-refractivity contribution in [3.8, 4) is 5.69 Å². The largest absolute Gasteiger partial charge is 0.336 e. The summed E-state index contributed by atoms with van der Waals surface area (Å²) < 4.78 is 14.5. The molecule has 0 radical (unpaired) electrons. The molecule has 0 saturated heterocycles. The van der Waals surface area contributed by atoms with Crippen LogP contribution in [-0.2, 0) is 6.54 Å². The van der Waals surface area contributed by atoms with Gasteiger partial charge >= 0.3 is 0 Å². The lowest BCUT2D eigenvalue weighted by Gasteiger charge is -2.16. The number of hydrogen-bond acceptors (Lipinski definition) is 3. The Kier molecular flexibility index (Phi) is 4.69. The third kappa shape index (κ3) is 3.20. The Morgan fingerprint density at radius 2 is 2.04 bits per heavy atom. The van der Waals surface area contributed by atoms with Crippen LogP contribution in [0, 0.1) is 12.7 Å². The average molecular weight is 364 g/mol. The molecule has 2 aromatic heterocycles. The Balaban J connectivity index is 1.91. The number of rotatable bonds is 4.